The number of thiophene rings is 1. The molecule has 200 valence electrons. The maximum Gasteiger partial charge on any atom is 0.273 e. The molecule has 0 aliphatic carbocycles. The summed E-state index contributed by atoms with van der Waals surface area (Å²) in [5, 5.41) is 1.79. The van der Waals surface area contributed by atoms with Gasteiger partial charge in [0, 0.05) is 46.1 Å². The molecule has 1 aliphatic rings. The van der Waals surface area contributed by atoms with Gasteiger partial charge in [-0.25, -0.2) is 17.5 Å². The predicted octanol–water partition coefficient (Wildman–Crippen LogP) is 7.01. The number of carbonyl (C=O) groups is 1. The van der Waals surface area contributed by atoms with E-state index in [4.69, 9.17) is 51.1 Å². The molecule has 0 unspecified atom stereocenters. The van der Waals surface area contributed by atoms with Gasteiger partial charge in [0.15, 0.2) is 0 Å². The Hall–Kier alpha value is -1.85. The number of aromatic nitrogens is 1. The second-order valence-corrected chi connectivity index (χ2v) is 13.5. The zero-order chi connectivity index (χ0) is 27.2. The summed E-state index contributed by atoms with van der Waals surface area (Å²) in [4.78, 5) is 12.7. The van der Waals surface area contributed by atoms with Gasteiger partial charge in [0.05, 0.1) is 23.8 Å². The van der Waals surface area contributed by atoms with E-state index < -0.39 is 21.7 Å². The van der Waals surface area contributed by atoms with Crippen molar-refractivity contribution in [1.82, 2.24) is 9.29 Å². The van der Waals surface area contributed by atoms with Gasteiger partial charge in [-0.15, -0.1) is 11.3 Å². The number of nitrogens with one attached hydrogen (secondary N) is 1. The number of amides is 1. The standard InChI is InChI=1S/C25H19Cl4FN2O4S2/c26-15-3-1-14(19(27)8-15)11-32-21-5-6-36-12-18(21)17-9-16(30)7-13(24(17)32)2-4-22(33)31-38(34,35)23-10-20(28)25(29)37-23/h1,3,7-10H,2,4-6,11-12H2,(H,31,33). The van der Waals surface area contributed by atoms with Crippen LogP contribution < -0.4 is 4.72 Å². The van der Waals surface area contributed by atoms with E-state index in [-0.39, 0.29) is 26.4 Å². The zero-order valence-corrected chi connectivity index (χ0v) is 24.1. The number of fused-ring (bicyclic) bond motifs is 3. The number of nitrogens with zero attached hydrogens (tertiary/aromatic N) is 1. The molecule has 0 saturated carbocycles. The van der Waals surface area contributed by atoms with Crippen LogP contribution >= 0.6 is 57.7 Å². The first-order valence-corrected chi connectivity index (χ1v) is 15.2. The van der Waals surface area contributed by atoms with E-state index in [1.54, 1.807) is 12.1 Å². The summed E-state index contributed by atoms with van der Waals surface area (Å²) in [5.74, 6) is -1.20. The third-order valence-electron chi connectivity index (χ3n) is 6.25. The van der Waals surface area contributed by atoms with Crippen molar-refractivity contribution < 1.29 is 22.3 Å². The largest absolute Gasteiger partial charge is 0.376 e. The first-order valence-electron chi connectivity index (χ1n) is 11.4. The maximum atomic E-state index is 14.8. The molecule has 6 nitrogen and oxygen atoms in total. The second kappa shape index (κ2) is 11.0. The van der Waals surface area contributed by atoms with Crippen molar-refractivity contribution in [2.24, 2.45) is 0 Å². The topological polar surface area (TPSA) is 77.4 Å². The number of carbonyl (C=O) groups excluding carboxylic acids is 1. The van der Waals surface area contributed by atoms with E-state index in [2.05, 4.69) is 4.57 Å². The Morgan fingerprint density at radius 1 is 1.08 bits per heavy atom. The Morgan fingerprint density at radius 2 is 1.87 bits per heavy atom. The molecule has 4 aromatic rings. The van der Waals surface area contributed by atoms with Crippen molar-refractivity contribution in [3.63, 3.8) is 0 Å². The first kappa shape index (κ1) is 27.7. The molecular formula is C25H19Cl4FN2O4S2. The molecule has 0 fully saturated rings. The number of rotatable bonds is 7. The molecule has 0 bridgehead atoms. The molecule has 1 amide bonds. The van der Waals surface area contributed by atoms with E-state index in [1.807, 2.05) is 10.8 Å². The summed E-state index contributed by atoms with van der Waals surface area (Å²) < 4.78 is 49.7. The van der Waals surface area contributed by atoms with Crippen molar-refractivity contribution in [1.29, 1.82) is 0 Å². The Bertz CT molecular complexity index is 1670. The van der Waals surface area contributed by atoms with Gasteiger partial charge >= 0.3 is 0 Å². The van der Waals surface area contributed by atoms with Gasteiger partial charge in [0.2, 0.25) is 5.91 Å². The Kier molecular flexibility index (Phi) is 7.99. The van der Waals surface area contributed by atoms with E-state index in [1.165, 1.54) is 18.2 Å². The molecule has 13 heteroatoms. The molecule has 0 atom stereocenters. The summed E-state index contributed by atoms with van der Waals surface area (Å²) in [5.41, 5.74) is 4.03. The first-order chi connectivity index (χ1) is 18.0. The molecule has 5 rings (SSSR count). The van der Waals surface area contributed by atoms with Crippen molar-refractivity contribution in [3.05, 3.63) is 84.0 Å². The van der Waals surface area contributed by atoms with Gasteiger partial charge in [-0.3, -0.25) is 4.79 Å². The van der Waals surface area contributed by atoms with E-state index in [0.29, 0.717) is 47.2 Å². The van der Waals surface area contributed by atoms with Crippen LogP contribution in [-0.4, -0.2) is 25.5 Å². The lowest BCUT2D eigenvalue weighted by atomic mass is 10.0. The molecular weight excluding hydrogens is 617 g/mol. The van der Waals surface area contributed by atoms with E-state index >= 15 is 0 Å². The third kappa shape index (κ3) is 5.56. The fourth-order valence-electron chi connectivity index (χ4n) is 4.59. The molecule has 1 N–H and O–H groups in total. The minimum Gasteiger partial charge on any atom is -0.376 e. The van der Waals surface area contributed by atoms with Gasteiger partial charge in [0.25, 0.3) is 10.0 Å². The number of hydrogen-bond donors (Lipinski definition) is 1. The Morgan fingerprint density at radius 3 is 2.58 bits per heavy atom. The molecule has 0 spiro atoms. The third-order valence-corrected chi connectivity index (χ3v) is 10.6. The SMILES string of the molecule is O=C(CCc1cc(F)cc2c3c(n(Cc4ccc(Cl)cc4Cl)c12)CCOC3)NS(=O)(=O)c1cc(Cl)c(Cl)s1. The number of aryl methyl sites for hydroxylation is 1. The molecule has 2 aromatic heterocycles. The van der Waals surface area contributed by atoms with E-state index in [9.17, 15) is 17.6 Å². The highest BCUT2D eigenvalue weighted by Crippen LogP contribution is 2.36. The molecule has 38 heavy (non-hydrogen) atoms. The minimum atomic E-state index is -4.15. The molecule has 3 heterocycles. The average molecular weight is 636 g/mol. The summed E-state index contributed by atoms with van der Waals surface area (Å²) in [6, 6.07) is 9.27. The lowest BCUT2D eigenvalue weighted by Crippen LogP contribution is -2.30. The van der Waals surface area contributed by atoms with E-state index in [0.717, 1.165) is 33.7 Å². The number of benzene rings is 2. The van der Waals surface area contributed by atoms with Crippen LogP contribution in [0.3, 0.4) is 0 Å². The van der Waals surface area contributed by atoms with Crippen LogP contribution in [0.2, 0.25) is 19.4 Å². The van der Waals surface area contributed by atoms with Gasteiger partial charge in [-0.05, 0) is 47.9 Å². The summed E-state index contributed by atoms with van der Waals surface area (Å²) >= 11 is 25.0. The van der Waals surface area contributed by atoms with Crippen molar-refractivity contribution >= 4 is 84.6 Å². The number of ether oxygens (including phenoxy) is 1. The normalized spacial score (nSPS) is 13.6. The van der Waals surface area contributed by atoms with Crippen molar-refractivity contribution in [2.45, 2.75) is 36.6 Å². The van der Waals surface area contributed by atoms with Crippen LogP contribution in [0.25, 0.3) is 10.9 Å². The molecule has 2 aromatic carbocycles. The van der Waals surface area contributed by atoms with Gasteiger partial charge in [-0.1, -0.05) is 52.5 Å². The van der Waals surface area contributed by atoms with Gasteiger partial charge < -0.3 is 9.30 Å². The lowest BCUT2D eigenvalue weighted by Gasteiger charge is -2.18. The highest BCUT2D eigenvalue weighted by molar-refractivity contribution is 7.92. The van der Waals surface area contributed by atoms with Crippen LogP contribution in [0.5, 0.6) is 0 Å². The zero-order valence-electron chi connectivity index (χ0n) is 19.5. The van der Waals surface area contributed by atoms with Crippen molar-refractivity contribution in [2.75, 3.05) is 6.61 Å². The number of hydrogen-bond acceptors (Lipinski definition) is 5. The molecule has 1 aliphatic heterocycles. The number of halogens is 5. The highest BCUT2D eigenvalue weighted by atomic mass is 35.5. The highest BCUT2D eigenvalue weighted by Gasteiger charge is 2.25. The van der Waals surface area contributed by atoms with Crippen LogP contribution in [0.15, 0.2) is 40.6 Å². The molecule has 0 radical (unpaired) electrons. The van der Waals surface area contributed by atoms with Crippen LogP contribution in [0.4, 0.5) is 4.39 Å². The quantitative estimate of drug-likeness (QED) is 0.237. The minimum absolute atomic E-state index is 0.0844. The molecule has 0 saturated heterocycles. The monoisotopic (exact) mass is 634 g/mol. The van der Waals surface area contributed by atoms with Gasteiger partial charge in [0.1, 0.15) is 14.4 Å². The summed E-state index contributed by atoms with van der Waals surface area (Å²) in [6.45, 7) is 1.26. The summed E-state index contributed by atoms with van der Waals surface area (Å²) in [6.07, 6.45) is 0.527. The smallest absolute Gasteiger partial charge is 0.273 e. The van der Waals surface area contributed by atoms with Crippen molar-refractivity contribution in [3.8, 4) is 0 Å². The van der Waals surface area contributed by atoms with Gasteiger partial charge in [-0.2, -0.15) is 0 Å². The fourth-order valence-corrected chi connectivity index (χ4v) is 7.95. The fraction of sp³-hybridized carbons (Fsp3) is 0.240. The Labute approximate surface area is 242 Å². The number of sulfonamides is 1. The maximum absolute atomic E-state index is 14.8. The van der Waals surface area contributed by atoms with Crippen LogP contribution in [0.1, 0.15) is 28.8 Å². The van der Waals surface area contributed by atoms with Crippen LogP contribution in [0, 0.1) is 5.82 Å². The second-order valence-electron chi connectivity index (χ2n) is 8.73. The average Bonchev–Trinajstić information content (AvgIpc) is 3.36. The Balaban J connectivity index is 1.48. The summed E-state index contributed by atoms with van der Waals surface area (Å²) in [7, 11) is -4.15. The lowest BCUT2D eigenvalue weighted by molar-refractivity contribution is -0.119. The predicted molar refractivity (Wildman–Crippen MR) is 149 cm³/mol. The van der Waals surface area contributed by atoms with Crippen LogP contribution in [-0.2, 0) is 45.5 Å².